The number of urea groups is 1. The van der Waals surface area contributed by atoms with Crippen molar-refractivity contribution in [3.05, 3.63) is 49.1 Å². The van der Waals surface area contributed by atoms with Crippen LogP contribution in [0.4, 0.5) is 10.6 Å². The predicted octanol–water partition coefficient (Wildman–Crippen LogP) is 1.34. The number of anilines is 1. The number of carbonyl (C=O) groups is 1. The number of aliphatic hydroxyl groups is 1. The van der Waals surface area contributed by atoms with Crippen LogP contribution in [-0.2, 0) is 0 Å². The van der Waals surface area contributed by atoms with Gasteiger partial charge in [0.1, 0.15) is 0 Å². The largest absolute Gasteiger partial charge is 0.395 e. The number of fused-ring (bicyclic) bond motifs is 1. The van der Waals surface area contributed by atoms with E-state index in [0.29, 0.717) is 11.5 Å². The van der Waals surface area contributed by atoms with Crippen LogP contribution in [0.2, 0.25) is 0 Å². The number of amides is 2. The van der Waals surface area contributed by atoms with E-state index in [1.165, 1.54) is 16.3 Å². The summed E-state index contributed by atoms with van der Waals surface area (Å²) in [6, 6.07) is 6.83. The molecule has 0 radical (unpaired) electrons. The SMILES string of the molecule is O=C(NCCO)N(Sc1cccnc1)c1cn2ncccc2n1. The lowest BCUT2D eigenvalue weighted by Gasteiger charge is -2.18. The first kappa shape index (κ1) is 15.3. The van der Waals surface area contributed by atoms with Crippen LogP contribution in [0.1, 0.15) is 0 Å². The fourth-order valence-corrected chi connectivity index (χ4v) is 2.64. The quantitative estimate of drug-likeness (QED) is 0.686. The van der Waals surface area contributed by atoms with E-state index in [1.54, 1.807) is 47.5 Å². The van der Waals surface area contributed by atoms with E-state index in [9.17, 15) is 4.79 Å². The third kappa shape index (κ3) is 3.58. The molecule has 3 aromatic heterocycles. The van der Waals surface area contributed by atoms with Crippen LogP contribution in [-0.4, -0.2) is 43.9 Å². The van der Waals surface area contributed by atoms with Crippen molar-refractivity contribution < 1.29 is 9.90 Å². The number of pyridine rings is 1. The minimum absolute atomic E-state index is 0.135. The topological polar surface area (TPSA) is 95.7 Å². The molecule has 0 unspecified atom stereocenters. The summed E-state index contributed by atoms with van der Waals surface area (Å²) in [5, 5.41) is 15.7. The van der Waals surface area contributed by atoms with Gasteiger partial charge in [0, 0.05) is 30.0 Å². The minimum Gasteiger partial charge on any atom is -0.395 e. The highest BCUT2D eigenvalue weighted by atomic mass is 32.2. The Labute approximate surface area is 136 Å². The lowest BCUT2D eigenvalue weighted by molar-refractivity contribution is 0.242. The maximum atomic E-state index is 12.4. The van der Waals surface area contributed by atoms with Gasteiger partial charge in [-0.2, -0.15) is 5.10 Å². The molecule has 0 saturated heterocycles. The molecule has 0 saturated carbocycles. The van der Waals surface area contributed by atoms with Gasteiger partial charge in [-0.3, -0.25) is 4.98 Å². The van der Waals surface area contributed by atoms with Crippen molar-refractivity contribution in [3.8, 4) is 0 Å². The average Bonchev–Trinajstić information content (AvgIpc) is 3.02. The van der Waals surface area contributed by atoms with Crippen LogP contribution in [0, 0.1) is 0 Å². The Kier molecular flexibility index (Phi) is 4.69. The predicted molar refractivity (Wildman–Crippen MR) is 86.0 cm³/mol. The van der Waals surface area contributed by atoms with Gasteiger partial charge in [-0.25, -0.2) is 18.6 Å². The normalized spacial score (nSPS) is 10.7. The van der Waals surface area contributed by atoms with Gasteiger partial charge in [-0.1, -0.05) is 0 Å². The monoisotopic (exact) mass is 330 g/mol. The fraction of sp³-hybridized carbons (Fsp3) is 0.143. The third-order valence-electron chi connectivity index (χ3n) is 2.84. The number of hydrogen-bond acceptors (Lipinski definition) is 6. The van der Waals surface area contributed by atoms with Gasteiger partial charge in [0.25, 0.3) is 0 Å². The van der Waals surface area contributed by atoms with E-state index in [0.717, 1.165) is 4.90 Å². The van der Waals surface area contributed by atoms with Gasteiger partial charge in [0.2, 0.25) is 0 Å². The van der Waals surface area contributed by atoms with E-state index >= 15 is 0 Å². The van der Waals surface area contributed by atoms with E-state index < -0.39 is 0 Å². The molecule has 23 heavy (non-hydrogen) atoms. The molecule has 0 aromatic carbocycles. The van der Waals surface area contributed by atoms with Gasteiger partial charge in [-0.05, 0) is 36.2 Å². The molecule has 0 aliphatic carbocycles. The molecule has 9 heteroatoms. The van der Waals surface area contributed by atoms with Crippen molar-refractivity contribution in [1.29, 1.82) is 0 Å². The van der Waals surface area contributed by atoms with Crippen molar-refractivity contribution in [1.82, 2.24) is 24.9 Å². The molecular weight excluding hydrogens is 316 g/mol. The smallest absolute Gasteiger partial charge is 0.333 e. The first-order chi connectivity index (χ1) is 11.3. The Hall–Kier alpha value is -2.65. The number of nitrogens with one attached hydrogen (secondary N) is 1. The summed E-state index contributed by atoms with van der Waals surface area (Å²) in [6.07, 6.45) is 6.63. The summed E-state index contributed by atoms with van der Waals surface area (Å²) in [6.45, 7) is 0.0262. The van der Waals surface area contributed by atoms with Crippen molar-refractivity contribution in [2.24, 2.45) is 0 Å². The van der Waals surface area contributed by atoms with Crippen molar-refractivity contribution in [2.75, 3.05) is 17.5 Å². The Morgan fingerprint density at radius 2 is 2.22 bits per heavy atom. The summed E-state index contributed by atoms with van der Waals surface area (Å²) in [4.78, 5) is 21.6. The van der Waals surface area contributed by atoms with Gasteiger partial charge in [0.05, 0.1) is 12.8 Å². The number of nitrogens with zero attached hydrogens (tertiary/aromatic N) is 5. The Balaban J connectivity index is 1.91. The van der Waals surface area contributed by atoms with E-state index in [2.05, 4.69) is 20.4 Å². The maximum absolute atomic E-state index is 12.4. The number of aliphatic hydroxyl groups excluding tert-OH is 1. The Morgan fingerprint density at radius 1 is 1.35 bits per heavy atom. The zero-order chi connectivity index (χ0) is 16.1. The standard InChI is InChI=1S/C14H14N6O2S/c21-8-7-16-14(22)20(23-11-3-1-5-15-9-11)13-10-19-12(18-13)4-2-6-17-19/h1-6,9-10,21H,7-8H2,(H,16,22). The Morgan fingerprint density at radius 3 is 2.96 bits per heavy atom. The summed E-state index contributed by atoms with van der Waals surface area (Å²) >= 11 is 1.19. The van der Waals surface area contributed by atoms with Crippen LogP contribution < -0.4 is 9.62 Å². The zero-order valence-electron chi connectivity index (χ0n) is 12.0. The Bertz CT molecular complexity index is 761. The van der Waals surface area contributed by atoms with E-state index in [1.807, 2.05) is 6.07 Å². The minimum atomic E-state index is -0.378. The van der Waals surface area contributed by atoms with Crippen LogP contribution >= 0.6 is 11.9 Å². The highest BCUT2D eigenvalue weighted by Crippen LogP contribution is 2.27. The number of aromatic nitrogens is 4. The molecule has 0 fully saturated rings. The van der Waals surface area contributed by atoms with Gasteiger partial charge in [-0.15, -0.1) is 0 Å². The molecule has 0 spiro atoms. The summed E-state index contributed by atoms with van der Waals surface area (Å²) < 4.78 is 2.99. The summed E-state index contributed by atoms with van der Waals surface area (Å²) in [7, 11) is 0. The average molecular weight is 330 g/mol. The second kappa shape index (κ2) is 7.07. The molecule has 3 aromatic rings. The molecule has 2 amide bonds. The van der Waals surface area contributed by atoms with Crippen LogP contribution in [0.25, 0.3) is 5.65 Å². The molecular formula is C14H14N6O2S. The lowest BCUT2D eigenvalue weighted by Crippen LogP contribution is -2.37. The number of carbonyl (C=O) groups excluding carboxylic acids is 1. The molecule has 0 bridgehead atoms. The lowest BCUT2D eigenvalue weighted by atomic mass is 10.5. The van der Waals surface area contributed by atoms with Crippen LogP contribution in [0.15, 0.2) is 53.9 Å². The number of imidazole rings is 1. The molecule has 0 aliphatic rings. The van der Waals surface area contributed by atoms with Crippen LogP contribution in [0.5, 0.6) is 0 Å². The highest BCUT2D eigenvalue weighted by molar-refractivity contribution is 8.01. The van der Waals surface area contributed by atoms with E-state index in [4.69, 9.17) is 5.11 Å². The number of rotatable bonds is 5. The molecule has 2 N–H and O–H groups in total. The van der Waals surface area contributed by atoms with Gasteiger partial charge >= 0.3 is 6.03 Å². The van der Waals surface area contributed by atoms with Crippen molar-refractivity contribution in [2.45, 2.75) is 4.90 Å². The summed E-state index contributed by atoms with van der Waals surface area (Å²) in [5.74, 6) is 0.438. The maximum Gasteiger partial charge on any atom is 0.333 e. The summed E-state index contributed by atoms with van der Waals surface area (Å²) in [5.41, 5.74) is 0.634. The zero-order valence-corrected chi connectivity index (χ0v) is 12.8. The molecule has 0 aliphatic heterocycles. The van der Waals surface area contributed by atoms with Crippen LogP contribution in [0.3, 0.4) is 0 Å². The molecule has 118 valence electrons. The second-order valence-electron chi connectivity index (χ2n) is 4.46. The van der Waals surface area contributed by atoms with Crippen molar-refractivity contribution >= 4 is 29.4 Å². The number of hydrogen-bond donors (Lipinski definition) is 2. The molecule has 8 nitrogen and oxygen atoms in total. The van der Waals surface area contributed by atoms with E-state index in [-0.39, 0.29) is 19.2 Å². The second-order valence-corrected chi connectivity index (χ2v) is 5.47. The highest BCUT2D eigenvalue weighted by Gasteiger charge is 2.20. The molecule has 3 rings (SSSR count). The fourth-order valence-electron chi connectivity index (χ4n) is 1.85. The molecule has 0 atom stereocenters. The first-order valence-electron chi connectivity index (χ1n) is 6.85. The molecule has 3 heterocycles. The van der Waals surface area contributed by atoms with Crippen molar-refractivity contribution in [3.63, 3.8) is 0 Å². The van der Waals surface area contributed by atoms with Gasteiger partial charge < -0.3 is 10.4 Å². The third-order valence-corrected chi connectivity index (χ3v) is 3.82. The first-order valence-corrected chi connectivity index (χ1v) is 7.62. The van der Waals surface area contributed by atoms with Gasteiger partial charge in [0.15, 0.2) is 11.5 Å².